The van der Waals surface area contributed by atoms with Crippen molar-refractivity contribution in [3.63, 3.8) is 0 Å². The van der Waals surface area contributed by atoms with Gasteiger partial charge in [0.05, 0.1) is 40.5 Å². The number of nitrogens with zero attached hydrogens (tertiary/aromatic N) is 3. The number of aromatic nitrogens is 1. The van der Waals surface area contributed by atoms with Gasteiger partial charge in [-0.25, -0.2) is 4.98 Å². The first-order valence-corrected chi connectivity index (χ1v) is 17.8. The molecule has 4 aliphatic heterocycles. The molecule has 0 saturated carbocycles. The molecule has 2 amide bonds. The fourth-order valence-electron chi connectivity index (χ4n) is 8.26. The number of nitrogens with one attached hydrogen (secondary N) is 2. The molecule has 0 bridgehead atoms. The van der Waals surface area contributed by atoms with Crippen LogP contribution in [0.15, 0.2) is 66.7 Å². The summed E-state index contributed by atoms with van der Waals surface area (Å²) < 4.78 is 5.73. The second kappa shape index (κ2) is 13.0. The van der Waals surface area contributed by atoms with E-state index in [0.29, 0.717) is 47.6 Å². The Morgan fingerprint density at radius 1 is 0.740 bits per heavy atom. The molecule has 5 heterocycles. The molecule has 11 heteroatoms. The summed E-state index contributed by atoms with van der Waals surface area (Å²) in [5.41, 5.74) is 7.52. The van der Waals surface area contributed by atoms with Gasteiger partial charge in [0.2, 0.25) is 17.7 Å². The second-order valence-electron chi connectivity index (χ2n) is 14.3. The van der Waals surface area contributed by atoms with E-state index in [1.165, 1.54) is 0 Å². The number of carbonyl (C=O) groups excluding carboxylic acids is 2. The fraction of sp³-hybridized carbons (Fsp3) is 0.359. The maximum absolute atomic E-state index is 11.7. The molecule has 4 fully saturated rings. The van der Waals surface area contributed by atoms with Crippen molar-refractivity contribution < 1.29 is 19.4 Å². The van der Waals surface area contributed by atoms with E-state index in [1.54, 1.807) is 7.11 Å². The number of pyridine rings is 1. The van der Waals surface area contributed by atoms with Crippen LogP contribution in [0.2, 0.25) is 10.0 Å². The van der Waals surface area contributed by atoms with Crippen molar-refractivity contribution in [2.24, 2.45) is 0 Å². The maximum Gasteiger partial charge on any atom is 0.220 e. The van der Waals surface area contributed by atoms with Gasteiger partial charge >= 0.3 is 0 Å². The Balaban J connectivity index is 1.01. The lowest BCUT2D eigenvalue weighted by atomic mass is 9.87. The van der Waals surface area contributed by atoms with Gasteiger partial charge < -0.3 is 20.5 Å². The molecule has 0 atom stereocenters. The van der Waals surface area contributed by atoms with Crippen molar-refractivity contribution in [3.05, 3.63) is 93.5 Å². The van der Waals surface area contributed by atoms with Crippen LogP contribution in [0.1, 0.15) is 42.4 Å². The number of carbonyl (C=O) groups is 2. The summed E-state index contributed by atoms with van der Waals surface area (Å²) in [6.07, 6.45) is 2.97. The van der Waals surface area contributed by atoms with Gasteiger partial charge in [0.15, 0.2) is 0 Å². The molecule has 3 N–H and O–H groups in total. The van der Waals surface area contributed by atoms with E-state index in [0.717, 1.165) is 83.5 Å². The number of aliphatic hydroxyl groups excluding tert-OH is 1. The number of halogens is 2. The Morgan fingerprint density at radius 3 is 1.84 bits per heavy atom. The molecule has 3 aromatic carbocycles. The molecule has 4 saturated heterocycles. The van der Waals surface area contributed by atoms with Crippen LogP contribution in [0.3, 0.4) is 0 Å². The lowest BCUT2D eigenvalue weighted by Crippen LogP contribution is -2.66. The molecule has 4 aromatic rings. The van der Waals surface area contributed by atoms with Crippen molar-refractivity contribution in [1.29, 1.82) is 0 Å². The Labute approximate surface area is 301 Å². The highest BCUT2D eigenvalue weighted by molar-refractivity contribution is 6.39. The average molecular weight is 713 g/mol. The Kier molecular flexibility index (Phi) is 8.60. The fourth-order valence-corrected chi connectivity index (χ4v) is 8.92. The Morgan fingerprint density at radius 2 is 1.28 bits per heavy atom. The van der Waals surface area contributed by atoms with Crippen LogP contribution < -0.4 is 15.4 Å². The van der Waals surface area contributed by atoms with Gasteiger partial charge in [0.25, 0.3) is 0 Å². The number of hydrogen-bond donors (Lipinski definition) is 3. The number of rotatable bonds is 9. The van der Waals surface area contributed by atoms with Crippen molar-refractivity contribution in [1.82, 2.24) is 25.4 Å². The molecule has 4 aliphatic rings. The van der Waals surface area contributed by atoms with E-state index >= 15 is 0 Å². The average Bonchev–Trinajstić information content (AvgIpc) is 3.68. The summed E-state index contributed by atoms with van der Waals surface area (Å²) in [6.45, 7) is 4.60. The highest BCUT2D eigenvalue weighted by atomic mass is 35.5. The van der Waals surface area contributed by atoms with Crippen molar-refractivity contribution in [2.45, 2.75) is 56.5 Å². The largest absolute Gasteiger partial charge is 0.481 e. The first kappa shape index (κ1) is 33.2. The minimum absolute atomic E-state index is 0.0795. The molecule has 9 nitrogen and oxygen atoms in total. The summed E-state index contributed by atoms with van der Waals surface area (Å²) >= 11 is 14.3. The molecule has 50 heavy (non-hydrogen) atoms. The molecule has 1 aromatic heterocycles. The number of aliphatic hydroxyl groups is 1. The van der Waals surface area contributed by atoms with Gasteiger partial charge in [0.1, 0.15) is 0 Å². The van der Waals surface area contributed by atoms with Gasteiger partial charge in [-0.05, 0) is 41.7 Å². The number of amides is 2. The molecule has 0 radical (unpaired) electrons. The first-order valence-electron chi connectivity index (χ1n) is 17.1. The summed E-state index contributed by atoms with van der Waals surface area (Å²) in [6, 6.07) is 21.9. The highest BCUT2D eigenvalue weighted by Gasteiger charge is 2.48. The predicted octanol–water partition coefficient (Wildman–Crippen LogP) is 5.82. The number of ether oxygens (including phenoxy) is 1. The summed E-state index contributed by atoms with van der Waals surface area (Å²) in [5.74, 6) is 0.819. The van der Waals surface area contributed by atoms with Gasteiger partial charge in [-0.3, -0.25) is 19.4 Å². The molecule has 0 unspecified atom stereocenters. The normalized spacial score (nSPS) is 19.4. The first-order chi connectivity index (χ1) is 24.2. The van der Waals surface area contributed by atoms with E-state index in [2.05, 4.69) is 26.5 Å². The van der Waals surface area contributed by atoms with Crippen LogP contribution in [-0.4, -0.2) is 76.1 Å². The highest BCUT2D eigenvalue weighted by Crippen LogP contribution is 2.43. The zero-order chi connectivity index (χ0) is 34.6. The van der Waals surface area contributed by atoms with E-state index in [1.807, 2.05) is 60.7 Å². The molecule has 8 rings (SSSR count). The van der Waals surface area contributed by atoms with E-state index in [9.17, 15) is 14.7 Å². The number of benzene rings is 3. The van der Waals surface area contributed by atoms with Crippen molar-refractivity contribution >= 4 is 35.0 Å². The Bertz CT molecular complexity index is 1860. The van der Waals surface area contributed by atoms with Crippen LogP contribution in [-0.2, 0) is 29.3 Å². The molecular weight excluding hydrogens is 673 g/mol. The minimum Gasteiger partial charge on any atom is -0.481 e. The number of hydrogen-bond acceptors (Lipinski definition) is 7. The maximum atomic E-state index is 11.7. The lowest BCUT2D eigenvalue weighted by molar-refractivity contribution is -0.121. The smallest absolute Gasteiger partial charge is 0.220 e. The quantitative estimate of drug-likeness (QED) is 0.201. The summed E-state index contributed by atoms with van der Waals surface area (Å²) in [5, 5.41) is 17.7. The zero-order valence-corrected chi connectivity index (χ0v) is 29.4. The van der Waals surface area contributed by atoms with E-state index in [4.69, 9.17) is 32.9 Å². The summed E-state index contributed by atoms with van der Waals surface area (Å²) in [7, 11) is 1.62. The van der Waals surface area contributed by atoms with Crippen LogP contribution >= 0.6 is 23.2 Å². The second-order valence-corrected chi connectivity index (χ2v) is 15.0. The number of methoxy groups -OCH3 is 1. The van der Waals surface area contributed by atoms with Gasteiger partial charge in [-0.1, -0.05) is 77.8 Å². The van der Waals surface area contributed by atoms with Crippen molar-refractivity contribution in [2.75, 3.05) is 33.3 Å². The van der Waals surface area contributed by atoms with Crippen LogP contribution in [0.25, 0.3) is 33.5 Å². The van der Waals surface area contributed by atoms with Gasteiger partial charge in [-0.15, -0.1) is 0 Å². The Hall–Kier alpha value is -3.99. The van der Waals surface area contributed by atoms with E-state index < -0.39 is 0 Å². The van der Waals surface area contributed by atoms with Gasteiger partial charge in [-0.2, -0.15) is 0 Å². The lowest BCUT2D eigenvalue weighted by Gasteiger charge is -2.48. The third-order valence-corrected chi connectivity index (χ3v) is 11.6. The molecule has 258 valence electrons. The van der Waals surface area contributed by atoms with Gasteiger partial charge in [0, 0.05) is 79.9 Å². The minimum atomic E-state index is -0.0870. The monoisotopic (exact) mass is 711 g/mol. The van der Waals surface area contributed by atoms with Crippen LogP contribution in [0.4, 0.5) is 0 Å². The standard InChI is InChI=1S/C39H39Cl2N5O4/c1-50-37-26(18-46-22-39(23-46)15-13-34(49)44-39)10-11-32(42-37)31-7-3-6-30(36(31)41)29-5-2-4-28(35(29)40)24-8-9-25(27(16-24)19-47)17-45-20-38(21-45)14-12-33(48)43-38/h2-11,16,47H,12-15,17-23H2,1H3,(H,43,48)(H,44,49). The number of likely N-dealkylation sites (tertiary alicyclic amines) is 2. The van der Waals surface area contributed by atoms with Crippen LogP contribution in [0, 0.1) is 0 Å². The molecule has 0 aliphatic carbocycles. The third-order valence-electron chi connectivity index (χ3n) is 10.7. The predicted molar refractivity (Wildman–Crippen MR) is 194 cm³/mol. The van der Waals surface area contributed by atoms with Crippen LogP contribution in [0.5, 0.6) is 5.88 Å². The van der Waals surface area contributed by atoms with E-state index in [-0.39, 0.29) is 29.5 Å². The zero-order valence-electron chi connectivity index (χ0n) is 27.9. The SMILES string of the molecule is COc1nc(-c2cccc(-c3cccc(-c4ccc(CN5CC6(CCC(=O)N6)C5)c(CO)c4)c3Cl)c2Cl)ccc1CN1CC2(CCC(=O)N2)C1. The van der Waals surface area contributed by atoms with Crippen molar-refractivity contribution in [3.8, 4) is 39.4 Å². The molecule has 2 spiro atoms. The summed E-state index contributed by atoms with van der Waals surface area (Å²) in [4.78, 5) is 33.0. The molecular formula is C39H39Cl2N5O4. The topological polar surface area (TPSA) is 107 Å². The third kappa shape index (κ3) is 6.05.